The Hall–Kier alpha value is -1.40. The number of aryl methyl sites for hydroxylation is 1. The maximum Gasteiger partial charge on any atom is 0.308 e. The SMILES string of the molecule is Cc1ccc(S(=O)(=O)N[C@H]2CCCC[C@@H]2OC(=O)C(C)C)cc1. The number of ether oxygens (including phenoxy) is 1. The van der Waals surface area contributed by atoms with Gasteiger partial charge in [-0.3, -0.25) is 4.79 Å². The molecule has 23 heavy (non-hydrogen) atoms. The number of hydrogen-bond acceptors (Lipinski definition) is 4. The van der Waals surface area contributed by atoms with Crippen LogP contribution in [-0.2, 0) is 19.6 Å². The van der Waals surface area contributed by atoms with Gasteiger partial charge in [-0.1, -0.05) is 38.0 Å². The Kier molecular flexibility index (Phi) is 5.81. The minimum absolute atomic E-state index is 0.216. The van der Waals surface area contributed by atoms with E-state index in [0.717, 1.165) is 18.4 Å². The number of sulfonamides is 1. The number of carbonyl (C=O) groups is 1. The minimum atomic E-state index is -3.61. The molecule has 1 fully saturated rings. The molecule has 0 saturated heterocycles. The van der Waals surface area contributed by atoms with Crippen molar-refractivity contribution in [2.45, 2.75) is 63.5 Å². The van der Waals surface area contributed by atoms with E-state index in [1.165, 1.54) is 0 Å². The molecule has 0 bridgehead atoms. The van der Waals surface area contributed by atoms with Crippen LogP contribution in [0.5, 0.6) is 0 Å². The molecule has 0 aromatic heterocycles. The molecule has 1 saturated carbocycles. The van der Waals surface area contributed by atoms with Crippen molar-refractivity contribution in [1.29, 1.82) is 0 Å². The molecule has 2 rings (SSSR count). The molecule has 1 aromatic carbocycles. The second-order valence-electron chi connectivity index (χ2n) is 6.46. The summed E-state index contributed by atoms with van der Waals surface area (Å²) in [4.78, 5) is 12.1. The molecule has 0 spiro atoms. The third-order valence-corrected chi connectivity index (χ3v) is 5.59. The summed E-state index contributed by atoms with van der Waals surface area (Å²) in [6, 6.07) is 6.36. The van der Waals surface area contributed by atoms with E-state index in [1.54, 1.807) is 38.1 Å². The van der Waals surface area contributed by atoms with Crippen molar-refractivity contribution in [1.82, 2.24) is 4.72 Å². The van der Waals surface area contributed by atoms with Crippen molar-refractivity contribution >= 4 is 16.0 Å². The van der Waals surface area contributed by atoms with Crippen molar-refractivity contribution in [2.24, 2.45) is 5.92 Å². The van der Waals surface area contributed by atoms with Gasteiger partial charge in [0.2, 0.25) is 10.0 Å². The molecule has 0 unspecified atom stereocenters. The van der Waals surface area contributed by atoms with Gasteiger partial charge in [0.25, 0.3) is 0 Å². The normalized spacial score (nSPS) is 22.1. The largest absolute Gasteiger partial charge is 0.460 e. The van der Waals surface area contributed by atoms with E-state index in [9.17, 15) is 13.2 Å². The summed E-state index contributed by atoms with van der Waals surface area (Å²) >= 11 is 0. The molecule has 128 valence electrons. The first-order chi connectivity index (χ1) is 10.8. The first-order valence-corrected chi connectivity index (χ1v) is 9.57. The van der Waals surface area contributed by atoms with Crippen LogP contribution in [0, 0.1) is 12.8 Å². The van der Waals surface area contributed by atoms with Gasteiger partial charge in [-0.15, -0.1) is 0 Å². The monoisotopic (exact) mass is 339 g/mol. The Morgan fingerprint density at radius 3 is 2.39 bits per heavy atom. The maximum atomic E-state index is 12.5. The summed E-state index contributed by atoms with van der Waals surface area (Å²) in [5.74, 6) is -0.497. The molecule has 6 heteroatoms. The summed E-state index contributed by atoms with van der Waals surface area (Å²) in [6.45, 7) is 5.46. The van der Waals surface area contributed by atoms with Gasteiger partial charge in [0.15, 0.2) is 0 Å². The fraction of sp³-hybridized carbons (Fsp3) is 0.588. The number of carbonyl (C=O) groups excluding carboxylic acids is 1. The molecule has 1 N–H and O–H groups in total. The van der Waals surface area contributed by atoms with Crippen LogP contribution < -0.4 is 4.72 Å². The van der Waals surface area contributed by atoms with Crippen LogP contribution in [0.4, 0.5) is 0 Å². The Morgan fingerprint density at radius 2 is 1.78 bits per heavy atom. The average molecular weight is 339 g/mol. The number of nitrogens with one attached hydrogen (secondary N) is 1. The van der Waals surface area contributed by atoms with E-state index < -0.39 is 10.0 Å². The lowest BCUT2D eigenvalue weighted by atomic mass is 9.93. The summed E-state index contributed by atoms with van der Waals surface area (Å²) < 4.78 is 33.3. The van der Waals surface area contributed by atoms with Gasteiger partial charge in [-0.25, -0.2) is 13.1 Å². The van der Waals surface area contributed by atoms with Crippen molar-refractivity contribution in [3.8, 4) is 0 Å². The van der Waals surface area contributed by atoms with Gasteiger partial charge in [0, 0.05) is 0 Å². The maximum absolute atomic E-state index is 12.5. The molecule has 0 heterocycles. The first kappa shape index (κ1) is 17.9. The zero-order valence-corrected chi connectivity index (χ0v) is 14.7. The highest BCUT2D eigenvalue weighted by Gasteiger charge is 2.32. The van der Waals surface area contributed by atoms with E-state index >= 15 is 0 Å². The van der Waals surface area contributed by atoms with Crippen molar-refractivity contribution in [3.63, 3.8) is 0 Å². The number of benzene rings is 1. The summed E-state index contributed by atoms with van der Waals surface area (Å²) in [5.41, 5.74) is 1.00. The van der Waals surface area contributed by atoms with E-state index in [2.05, 4.69) is 4.72 Å². The number of hydrogen-bond donors (Lipinski definition) is 1. The van der Waals surface area contributed by atoms with Crippen molar-refractivity contribution in [2.75, 3.05) is 0 Å². The van der Waals surface area contributed by atoms with Crippen LogP contribution in [0.3, 0.4) is 0 Å². The highest BCUT2D eigenvalue weighted by atomic mass is 32.2. The lowest BCUT2D eigenvalue weighted by molar-refractivity contribution is -0.155. The molecule has 0 radical (unpaired) electrons. The second kappa shape index (κ2) is 7.45. The van der Waals surface area contributed by atoms with Crippen molar-refractivity contribution < 1.29 is 17.9 Å². The van der Waals surface area contributed by atoms with Gasteiger partial charge < -0.3 is 4.74 Å². The Labute approximate surface area is 138 Å². The average Bonchev–Trinajstić information content (AvgIpc) is 2.49. The Bertz CT molecular complexity index is 637. The summed E-state index contributed by atoms with van der Waals surface area (Å²) in [5, 5.41) is 0. The van der Waals surface area contributed by atoms with Gasteiger partial charge in [0.1, 0.15) is 6.10 Å². The van der Waals surface area contributed by atoms with Gasteiger partial charge in [-0.05, 0) is 38.3 Å². The van der Waals surface area contributed by atoms with Crippen LogP contribution >= 0.6 is 0 Å². The molecule has 0 amide bonds. The van der Waals surface area contributed by atoms with Crippen molar-refractivity contribution in [3.05, 3.63) is 29.8 Å². The predicted molar refractivity (Wildman–Crippen MR) is 88.5 cm³/mol. The fourth-order valence-electron chi connectivity index (χ4n) is 2.64. The lowest BCUT2D eigenvalue weighted by Crippen LogP contribution is -2.47. The highest BCUT2D eigenvalue weighted by Crippen LogP contribution is 2.24. The van der Waals surface area contributed by atoms with Crippen LogP contribution in [0.2, 0.25) is 0 Å². The third-order valence-electron chi connectivity index (χ3n) is 4.08. The standard InChI is InChI=1S/C17H25NO4S/c1-12(2)17(19)22-16-7-5-4-6-15(16)18-23(20,21)14-10-8-13(3)9-11-14/h8-12,15-16,18H,4-7H2,1-3H3/t15-,16-/m0/s1. The van der Waals surface area contributed by atoms with Crippen LogP contribution in [0.25, 0.3) is 0 Å². The highest BCUT2D eigenvalue weighted by molar-refractivity contribution is 7.89. The van der Waals surface area contributed by atoms with Crippen LogP contribution in [-0.4, -0.2) is 26.5 Å². The zero-order valence-electron chi connectivity index (χ0n) is 13.9. The lowest BCUT2D eigenvalue weighted by Gasteiger charge is -2.32. The van der Waals surface area contributed by atoms with Gasteiger partial charge in [-0.2, -0.15) is 0 Å². The Morgan fingerprint density at radius 1 is 1.17 bits per heavy atom. The number of esters is 1. The first-order valence-electron chi connectivity index (χ1n) is 8.09. The third kappa shape index (κ3) is 4.78. The van der Waals surface area contributed by atoms with E-state index in [4.69, 9.17) is 4.74 Å². The van der Waals surface area contributed by atoms with E-state index in [0.29, 0.717) is 12.8 Å². The zero-order chi connectivity index (χ0) is 17.0. The summed E-state index contributed by atoms with van der Waals surface area (Å²) in [7, 11) is -3.61. The van der Waals surface area contributed by atoms with E-state index in [1.807, 2.05) is 6.92 Å². The second-order valence-corrected chi connectivity index (χ2v) is 8.17. The topological polar surface area (TPSA) is 72.5 Å². The van der Waals surface area contributed by atoms with Gasteiger partial charge >= 0.3 is 5.97 Å². The van der Waals surface area contributed by atoms with Crippen LogP contribution in [0.1, 0.15) is 45.1 Å². The molecule has 1 aliphatic carbocycles. The molecule has 1 aromatic rings. The minimum Gasteiger partial charge on any atom is -0.460 e. The van der Waals surface area contributed by atoms with E-state index in [-0.39, 0.29) is 28.9 Å². The summed E-state index contributed by atoms with van der Waals surface area (Å²) in [6.07, 6.45) is 2.86. The Balaban J connectivity index is 2.11. The smallest absolute Gasteiger partial charge is 0.308 e. The van der Waals surface area contributed by atoms with Crippen LogP contribution in [0.15, 0.2) is 29.2 Å². The molecule has 0 aliphatic heterocycles. The molecular formula is C17H25NO4S. The van der Waals surface area contributed by atoms with Gasteiger partial charge in [0.05, 0.1) is 16.9 Å². The molecule has 1 aliphatic rings. The molecule has 2 atom stereocenters. The molecular weight excluding hydrogens is 314 g/mol. The number of rotatable bonds is 5. The fourth-order valence-corrected chi connectivity index (χ4v) is 3.94. The predicted octanol–water partition coefficient (Wildman–Crippen LogP) is 2.78. The quantitative estimate of drug-likeness (QED) is 0.837. The molecule has 5 nitrogen and oxygen atoms in total.